The summed E-state index contributed by atoms with van der Waals surface area (Å²) < 4.78 is 5.30. The molecule has 2 aliphatic rings. The van der Waals surface area contributed by atoms with Gasteiger partial charge in [0.2, 0.25) is 0 Å². The lowest BCUT2D eigenvalue weighted by Crippen LogP contribution is -2.38. The molecule has 0 aromatic heterocycles. The molecule has 1 heterocycles. The number of carbonyl (C=O) groups is 2. The number of nitrogens with two attached hydrogens (primary N) is 1. The minimum absolute atomic E-state index is 0.0257. The van der Waals surface area contributed by atoms with Crippen LogP contribution < -0.4 is 10.5 Å². The van der Waals surface area contributed by atoms with E-state index in [4.69, 9.17) is 10.5 Å². The van der Waals surface area contributed by atoms with Crippen LogP contribution >= 0.6 is 0 Å². The van der Waals surface area contributed by atoms with Gasteiger partial charge in [-0.2, -0.15) is 0 Å². The highest BCUT2D eigenvalue weighted by Crippen LogP contribution is 2.24. The SMILES string of the molecule is NC(=O)COc1cccc(C(=O)N2CCCN(C3CCCC3)CC2)c1. The van der Waals surface area contributed by atoms with Crippen molar-refractivity contribution in [1.82, 2.24) is 9.80 Å². The molecule has 6 heteroatoms. The van der Waals surface area contributed by atoms with Crippen LogP contribution in [0.25, 0.3) is 0 Å². The number of rotatable bonds is 5. The predicted molar refractivity (Wildman–Crippen MR) is 95.5 cm³/mol. The molecule has 0 spiro atoms. The largest absolute Gasteiger partial charge is 0.484 e. The first-order valence-electron chi connectivity index (χ1n) is 9.18. The van der Waals surface area contributed by atoms with Crippen LogP contribution in [0.2, 0.25) is 0 Å². The molecule has 0 unspecified atom stereocenters. The van der Waals surface area contributed by atoms with Gasteiger partial charge in [0, 0.05) is 37.8 Å². The van der Waals surface area contributed by atoms with Crippen LogP contribution in [-0.4, -0.2) is 60.4 Å². The minimum atomic E-state index is -0.531. The number of ether oxygens (including phenoxy) is 1. The molecular weight excluding hydrogens is 318 g/mol. The standard InChI is InChI=1S/C19H27N3O3/c20-18(23)14-25-17-8-3-5-15(13-17)19(24)22-10-4-9-21(11-12-22)16-6-1-2-7-16/h3,5,8,13,16H,1-2,4,6-7,9-12,14H2,(H2,20,23). The van der Waals surface area contributed by atoms with E-state index in [-0.39, 0.29) is 12.5 Å². The average molecular weight is 345 g/mol. The third-order valence-corrected chi connectivity index (χ3v) is 5.12. The maximum absolute atomic E-state index is 12.8. The van der Waals surface area contributed by atoms with Gasteiger partial charge in [0.25, 0.3) is 11.8 Å². The Bertz CT molecular complexity index is 614. The fraction of sp³-hybridized carbons (Fsp3) is 0.579. The van der Waals surface area contributed by atoms with Gasteiger partial charge < -0.3 is 15.4 Å². The number of hydrogen-bond donors (Lipinski definition) is 1. The van der Waals surface area contributed by atoms with Crippen LogP contribution in [0, 0.1) is 0 Å². The van der Waals surface area contributed by atoms with Crippen molar-refractivity contribution in [3.05, 3.63) is 29.8 Å². The Kier molecular flexibility index (Phi) is 5.91. The van der Waals surface area contributed by atoms with Gasteiger partial charge in [0.15, 0.2) is 6.61 Å². The maximum Gasteiger partial charge on any atom is 0.255 e. The number of benzene rings is 1. The molecule has 6 nitrogen and oxygen atoms in total. The van der Waals surface area contributed by atoms with E-state index in [2.05, 4.69) is 4.90 Å². The highest BCUT2D eigenvalue weighted by atomic mass is 16.5. The molecule has 1 aliphatic heterocycles. The zero-order valence-electron chi connectivity index (χ0n) is 14.7. The number of primary amides is 1. The van der Waals surface area contributed by atoms with E-state index in [0.29, 0.717) is 17.4 Å². The topological polar surface area (TPSA) is 75.9 Å². The fourth-order valence-corrected chi connectivity index (χ4v) is 3.83. The van der Waals surface area contributed by atoms with Gasteiger partial charge in [-0.3, -0.25) is 14.5 Å². The molecule has 0 radical (unpaired) electrons. The van der Waals surface area contributed by atoms with Gasteiger partial charge in [0.05, 0.1) is 0 Å². The van der Waals surface area contributed by atoms with E-state index in [0.717, 1.165) is 32.6 Å². The molecule has 0 bridgehead atoms. The van der Waals surface area contributed by atoms with Crippen LogP contribution in [-0.2, 0) is 4.79 Å². The summed E-state index contributed by atoms with van der Waals surface area (Å²) in [6.45, 7) is 3.40. The van der Waals surface area contributed by atoms with Crippen LogP contribution in [0.5, 0.6) is 5.75 Å². The summed E-state index contributed by atoms with van der Waals surface area (Å²) in [6, 6.07) is 7.68. The lowest BCUT2D eigenvalue weighted by molar-refractivity contribution is -0.119. The second-order valence-corrected chi connectivity index (χ2v) is 6.90. The zero-order chi connectivity index (χ0) is 17.6. The van der Waals surface area contributed by atoms with E-state index in [9.17, 15) is 9.59 Å². The van der Waals surface area contributed by atoms with Gasteiger partial charge in [0.1, 0.15) is 5.75 Å². The van der Waals surface area contributed by atoms with Gasteiger partial charge in [-0.1, -0.05) is 18.9 Å². The predicted octanol–water partition coefficient (Wildman–Crippen LogP) is 1.64. The molecule has 1 aromatic rings. The van der Waals surface area contributed by atoms with Crippen molar-refractivity contribution >= 4 is 11.8 Å². The Balaban J connectivity index is 1.60. The summed E-state index contributed by atoms with van der Waals surface area (Å²) >= 11 is 0. The van der Waals surface area contributed by atoms with Crippen LogP contribution in [0.1, 0.15) is 42.5 Å². The number of carbonyl (C=O) groups excluding carboxylic acids is 2. The molecule has 2 fully saturated rings. The van der Waals surface area contributed by atoms with Crippen molar-refractivity contribution in [3.63, 3.8) is 0 Å². The minimum Gasteiger partial charge on any atom is -0.484 e. The highest BCUT2D eigenvalue weighted by Gasteiger charge is 2.26. The highest BCUT2D eigenvalue weighted by molar-refractivity contribution is 5.94. The van der Waals surface area contributed by atoms with Crippen molar-refractivity contribution in [3.8, 4) is 5.75 Å². The lowest BCUT2D eigenvalue weighted by Gasteiger charge is -2.27. The Hall–Kier alpha value is -2.08. The van der Waals surface area contributed by atoms with Gasteiger partial charge in [-0.15, -0.1) is 0 Å². The summed E-state index contributed by atoms with van der Waals surface area (Å²) in [4.78, 5) is 28.2. The van der Waals surface area contributed by atoms with Gasteiger partial charge in [-0.05, 0) is 37.5 Å². The first kappa shape index (κ1) is 17.7. The summed E-state index contributed by atoms with van der Waals surface area (Å²) in [5.74, 6) is -0.0129. The van der Waals surface area contributed by atoms with Crippen molar-refractivity contribution in [2.24, 2.45) is 5.73 Å². The summed E-state index contributed by atoms with van der Waals surface area (Å²) in [6.07, 6.45) is 6.28. The van der Waals surface area contributed by atoms with E-state index in [1.165, 1.54) is 25.7 Å². The summed E-state index contributed by atoms with van der Waals surface area (Å²) in [5, 5.41) is 0. The average Bonchev–Trinajstić information content (AvgIpc) is 3.04. The second-order valence-electron chi connectivity index (χ2n) is 6.90. The number of amides is 2. The molecular formula is C19H27N3O3. The molecule has 3 rings (SSSR count). The Morgan fingerprint density at radius 3 is 2.64 bits per heavy atom. The van der Waals surface area contributed by atoms with Gasteiger partial charge in [-0.25, -0.2) is 0 Å². The molecule has 1 saturated carbocycles. The molecule has 2 N–H and O–H groups in total. The first-order chi connectivity index (χ1) is 12.1. The Morgan fingerprint density at radius 1 is 1.08 bits per heavy atom. The van der Waals surface area contributed by atoms with Crippen molar-refractivity contribution < 1.29 is 14.3 Å². The number of hydrogen-bond acceptors (Lipinski definition) is 4. The molecule has 0 atom stereocenters. The van der Waals surface area contributed by atoms with Crippen molar-refractivity contribution in [2.75, 3.05) is 32.8 Å². The molecule has 2 amide bonds. The summed E-state index contributed by atoms with van der Waals surface area (Å²) in [7, 11) is 0. The summed E-state index contributed by atoms with van der Waals surface area (Å²) in [5.41, 5.74) is 5.69. The Morgan fingerprint density at radius 2 is 1.88 bits per heavy atom. The second kappa shape index (κ2) is 8.34. The van der Waals surface area contributed by atoms with E-state index >= 15 is 0 Å². The van der Waals surface area contributed by atoms with Gasteiger partial charge >= 0.3 is 0 Å². The third kappa shape index (κ3) is 4.72. The van der Waals surface area contributed by atoms with E-state index < -0.39 is 5.91 Å². The van der Waals surface area contributed by atoms with Crippen LogP contribution in [0.3, 0.4) is 0 Å². The normalized spacial score (nSPS) is 19.6. The molecule has 25 heavy (non-hydrogen) atoms. The lowest BCUT2D eigenvalue weighted by atomic mass is 10.2. The maximum atomic E-state index is 12.8. The van der Waals surface area contributed by atoms with Crippen LogP contribution in [0.4, 0.5) is 0 Å². The van der Waals surface area contributed by atoms with Crippen molar-refractivity contribution in [2.45, 2.75) is 38.1 Å². The number of nitrogens with zero attached hydrogens (tertiary/aromatic N) is 2. The third-order valence-electron chi connectivity index (χ3n) is 5.12. The fourth-order valence-electron chi connectivity index (χ4n) is 3.83. The smallest absolute Gasteiger partial charge is 0.255 e. The Labute approximate surface area is 148 Å². The molecule has 1 aromatic carbocycles. The first-order valence-corrected chi connectivity index (χ1v) is 9.18. The van der Waals surface area contributed by atoms with Crippen LogP contribution in [0.15, 0.2) is 24.3 Å². The van der Waals surface area contributed by atoms with Crippen molar-refractivity contribution in [1.29, 1.82) is 0 Å². The molecule has 136 valence electrons. The zero-order valence-corrected chi connectivity index (χ0v) is 14.7. The molecule has 1 aliphatic carbocycles. The van der Waals surface area contributed by atoms with E-state index in [1.54, 1.807) is 24.3 Å². The monoisotopic (exact) mass is 345 g/mol. The molecule has 1 saturated heterocycles. The quantitative estimate of drug-likeness (QED) is 0.880. The van der Waals surface area contributed by atoms with E-state index in [1.807, 2.05) is 4.90 Å².